The van der Waals surface area contributed by atoms with Crippen molar-refractivity contribution in [3.8, 4) is 0 Å². The highest BCUT2D eigenvalue weighted by atomic mass is 31.2. The summed E-state index contributed by atoms with van der Waals surface area (Å²) in [5.41, 5.74) is -0.123. The molecule has 1 aromatic carbocycles. The molecule has 114 valence electrons. The number of aliphatic hydroxyl groups is 1. The third-order valence-electron chi connectivity index (χ3n) is 2.96. The van der Waals surface area contributed by atoms with Gasteiger partial charge in [-0.1, -0.05) is 29.8 Å². The predicted molar refractivity (Wildman–Crippen MR) is 81.1 cm³/mol. The molecule has 0 saturated carbocycles. The molecule has 0 aromatic heterocycles. The quantitative estimate of drug-likeness (QED) is 0.771. The third-order valence-corrected chi connectivity index (χ3v) is 5.76. The first-order chi connectivity index (χ1) is 9.24. The van der Waals surface area contributed by atoms with Crippen molar-refractivity contribution in [2.24, 2.45) is 0 Å². The van der Waals surface area contributed by atoms with Gasteiger partial charge in [-0.3, -0.25) is 4.57 Å². The Hall–Kier alpha value is -0.670. The standard InChI is InChI=1S/C15H25O4P/c1-6-18-20(17,19-7-2)14(15(4,5)16)13-10-8-9-12(3)11-13/h8-11,14,16H,6-7H2,1-5H3. The fraction of sp³-hybridized carbons (Fsp3) is 0.600. The SMILES string of the molecule is CCOP(=O)(OCC)C(c1cccc(C)c1)C(C)(C)O. The predicted octanol–water partition coefficient (Wildman–Crippen LogP) is 4.07. The Morgan fingerprint density at radius 2 is 1.80 bits per heavy atom. The Balaban J connectivity index is 3.35. The van der Waals surface area contributed by atoms with Gasteiger partial charge >= 0.3 is 7.60 Å². The topological polar surface area (TPSA) is 55.8 Å². The number of hydrogen-bond acceptors (Lipinski definition) is 4. The molecule has 0 radical (unpaired) electrons. The lowest BCUT2D eigenvalue weighted by molar-refractivity contribution is 0.0597. The summed E-state index contributed by atoms with van der Waals surface area (Å²) in [5.74, 6) is 0. The molecule has 0 amide bonds. The van der Waals surface area contributed by atoms with Crippen LogP contribution in [0.15, 0.2) is 24.3 Å². The van der Waals surface area contributed by atoms with Gasteiger partial charge in [-0.2, -0.15) is 0 Å². The summed E-state index contributed by atoms with van der Waals surface area (Å²) in [6.45, 7) is 9.30. The minimum Gasteiger partial charge on any atom is -0.389 e. The van der Waals surface area contributed by atoms with Gasteiger partial charge in [0, 0.05) is 0 Å². The number of aryl methyl sites for hydroxylation is 1. The maximum absolute atomic E-state index is 13.1. The van der Waals surface area contributed by atoms with Gasteiger partial charge in [0.05, 0.1) is 18.8 Å². The van der Waals surface area contributed by atoms with E-state index < -0.39 is 18.9 Å². The molecule has 1 unspecified atom stereocenters. The van der Waals surface area contributed by atoms with E-state index in [2.05, 4.69) is 0 Å². The van der Waals surface area contributed by atoms with Gasteiger partial charge in [-0.25, -0.2) is 0 Å². The average Bonchev–Trinajstić information content (AvgIpc) is 2.27. The van der Waals surface area contributed by atoms with Gasteiger partial charge < -0.3 is 14.2 Å². The monoisotopic (exact) mass is 300 g/mol. The fourth-order valence-corrected chi connectivity index (χ4v) is 4.76. The van der Waals surface area contributed by atoms with Crippen LogP contribution >= 0.6 is 7.60 Å². The van der Waals surface area contributed by atoms with E-state index in [0.29, 0.717) is 0 Å². The molecule has 0 saturated heterocycles. The lowest BCUT2D eigenvalue weighted by atomic mass is 9.97. The fourth-order valence-electron chi connectivity index (χ4n) is 2.36. The molecule has 0 spiro atoms. The molecule has 0 heterocycles. The summed E-state index contributed by atoms with van der Waals surface area (Å²) in [4.78, 5) is 0. The molecule has 0 aliphatic rings. The van der Waals surface area contributed by atoms with Crippen LogP contribution in [0.4, 0.5) is 0 Å². The molecule has 1 atom stereocenters. The molecule has 5 heteroatoms. The summed E-state index contributed by atoms with van der Waals surface area (Å²) in [5, 5.41) is 10.5. The van der Waals surface area contributed by atoms with Crippen molar-refractivity contribution in [1.82, 2.24) is 0 Å². The largest absolute Gasteiger partial charge is 0.389 e. The van der Waals surface area contributed by atoms with E-state index in [4.69, 9.17) is 9.05 Å². The van der Waals surface area contributed by atoms with Crippen LogP contribution in [-0.2, 0) is 13.6 Å². The second kappa shape index (κ2) is 6.86. The molecule has 1 aromatic rings. The van der Waals surface area contributed by atoms with E-state index in [0.717, 1.165) is 11.1 Å². The minimum atomic E-state index is -3.44. The second-order valence-electron chi connectivity index (χ2n) is 5.35. The third kappa shape index (κ3) is 4.16. The Bertz CT molecular complexity index is 469. The highest BCUT2D eigenvalue weighted by Crippen LogP contribution is 2.64. The van der Waals surface area contributed by atoms with E-state index in [1.54, 1.807) is 27.7 Å². The van der Waals surface area contributed by atoms with Crippen LogP contribution in [0.2, 0.25) is 0 Å². The second-order valence-corrected chi connectivity index (χ2v) is 7.46. The minimum absolute atomic E-state index is 0.273. The number of rotatable bonds is 7. The molecular formula is C15H25O4P. The Kier molecular flexibility index (Phi) is 5.96. The van der Waals surface area contributed by atoms with Crippen LogP contribution in [0.25, 0.3) is 0 Å². The summed E-state index contributed by atoms with van der Waals surface area (Å²) in [6.07, 6.45) is 0. The van der Waals surface area contributed by atoms with Gasteiger partial charge in [0.1, 0.15) is 5.66 Å². The van der Waals surface area contributed by atoms with Crippen molar-refractivity contribution in [2.45, 2.75) is 45.9 Å². The average molecular weight is 300 g/mol. The molecule has 0 aliphatic heterocycles. The van der Waals surface area contributed by atoms with Crippen LogP contribution in [0.5, 0.6) is 0 Å². The van der Waals surface area contributed by atoms with Crippen LogP contribution in [-0.4, -0.2) is 23.9 Å². The van der Waals surface area contributed by atoms with Crippen LogP contribution in [0.1, 0.15) is 44.5 Å². The number of hydrogen-bond donors (Lipinski definition) is 1. The van der Waals surface area contributed by atoms with Crippen LogP contribution in [0.3, 0.4) is 0 Å². The summed E-state index contributed by atoms with van der Waals surface area (Å²) in [7, 11) is -3.44. The Morgan fingerprint density at radius 3 is 2.20 bits per heavy atom. The van der Waals surface area contributed by atoms with Gasteiger partial charge in [0.15, 0.2) is 0 Å². The first-order valence-electron chi connectivity index (χ1n) is 6.92. The molecule has 1 rings (SSSR count). The van der Waals surface area contributed by atoms with Gasteiger partial charge in [0.25, 0.3) is 0 Å². The van der Waals surface area contributed by atoms with Crippen LogP contribution in [0, 0.1) is 6.92 Å². The molecule has 0 fully saturated rings. The first kappa shape index (κ1) is 17.4. The Labute approximate surface area is 121 Å². The van der Waals surface area contributed by atoms with Crippen molar-refractivity contribution < 1.29 is 18.7 Å². The van der Waals surface area contributed by atoms with Gasteiger partial charge in [-0.15, -0.1) is 0 Å². The van der Waals surface area contributed by atoms with Crippen molar-refractivity contribution in [1.29, 1.82) is 0 Å². The lowest BCUT2D eigenvalue weighted by Gasteiger charge is -2.34. The molecule has 0 aliphatic carbocycles. The van der Waals surface area contributed by atoms with Crippen LogP contribution < -0.4 is 0 Å². The number of benzene rings is 1. The van der Waals surface area contributed by atoms with Gasteiger partial charge in [0.2, 0.25) is 0 Å². The zero-order chi connectivity index (χ0) is 15.4. The van der Waals surface area contributed by atoms with Crippen molar-refractivity contribution in [3.05, 3.63) is 35.4 Å². The maximum atomic E-state index is 13.1. The molecule has 0 bridgehead atoms. The van der Waals surface area contributed by atoms with Crippen molar-refractivity contribution >= 4 is 7.60 Å². The normalized spacial score (nSPS) is 14.3. The molecule has 1 N–H and O–H groups in total. The van der Waals surface area contributed by atoms with Crippen molar-refractivity contribution in [2.75, 3.05) is 13.2 Å². The summed E-state index contributed by atoms with van der Waals surface area (Å²) in [6, 6.07) is 7.59. The summed E-state index contributed by atoms with van der Waals surface area (Å²) >= 11 is 0. The highest BCUT2D eigenvalue weighted by Gasteiger charge is 2.46. The van der Waals surface area contributed by atoms with Gasteiger partial charge in [-0.05, 0) is 40.2 Å². The maximum Gasteiger partial charge on any atom is 0.340 e. The highest BCUT2D eigenvalue weighted by molar-refractivity contribution is 7.54. The van der Waals surface area contributed by atoms with E-state index in [1.807, 2.05) is 31.2 Å². The van der Waals surface area contributed by atoms with E-state index in [1.165, 1.54) is 0 Å². The summed E-state index contributed by atoms with van der Waals surface area (Å²) < 4.78 is 23.9. The van der Waals surface area contributed by atoms with E-state index in [-0.39, 0.29) is 13.2 Å². The van der Waals surface area contributed by atoms with E-state index >= 15 is 0 Å². The molecular weight excluding hydrogens is 275 g/mol. The first-order valence-corrected chi connectivity index (χ1v) is 8.53. The molecule has 4 nitrogen and oxygen atoms in total. The zero-order valence-corrected chi connectivity index (χ0v) is 13.8. The van der Waals surface area contributed by atoms with E-state index in [9.17, 15) is 9.67 Å². The zero-order valence-electron chi connectivity index (χ0n) is 12.9. The Morgan fingerprint density at radius 1 is 1.25 bits per heavy atom. The smallest absolute Gasteiger partial charge is 0.340 e. The lowest BCUT2D eigenvalue weighted by Crippen LogP contribution is -2.30. The molecule has 20 heavy (non-hydrogen) atoms. The van der Waals surface area contributed by atoms with Crippen molar-refractivity contribution in [3.63, 3.8) is 0 Å².